The third-order valence-electron chi connectivity index (χ3n) is 5.93. The number of hydrogen-bond donors (Lipinski definition) is 4. The van der Waals surface area contributed by atoms with E-state index in [0.29, 0.717) is 35.7 Å². The van der Waals surface area contributed by atoms with Gasteiger partial charge in [-0.05, 0) is 25.0 Å². The van der Waals surface area contributed by atoms with Gasteiger partial charge in [-0.25, -0.2) is 9.78 Å². The van der Waals surface area contributed by atoms with Gasteiger partial charge in [0.05, 0.1) is 0 Å². The summed E-state index contributed by atoms with van der Waals surface area (Å²) in [4.78, 5) is 57.1. The molecule has 2 aromatic rings. The third kappa shape index (κ3) is 4.23. The van der Waals surface area contributed by atoms with Crippen LogP contribution in [-0.2, 0) is 19.2 Å². The molecule has 2 saturated heterocycles. The number of carbonyl (C=O) groups is 4. The average molecular weight is 546 g/mol. The van der Waals surface area contributed by atoms with Crippen LogP contribution in [0.25, 0.3) is 0 Å². The molecular formula is C21H19N7O7S2. The van der Waals surface area contributed by atoms with E-state index < -0.39 is 34.9 Å². The van der Waals surface area contributed by atoms with Crippen LogP contribution in [0.15, 0.2) is 44.0 Å². The van der Waals surface area contributed by atoms with E-state index in [-0.39, 0.29) is 28.2 Å². The molecule has 5 rings (SSSR count). The Kier molecular flexibility index (Phi) is 6.20. The number of aliphatic carboxylic acids is 1. The molecule has 2 fully saturated rings. The van der Waals surface area contributed by atoms with Gasteiger partial charge in [-0.1, -0.05) is 10.3 Å². The zero-order valence-electron chi connectivity index (χ0n) is 19.1. The van der Waals surface area contributed by atoms with Crippen LogP contribution in [0.4, 0.5) is 10.9 Å². The minimum absolute atomic E-state index is 0.0403. The predicted molar refractivity (Wildman–Crippen MR) is 131 cm³/mol. The second kappa shape index (κ2) is 9.36. The van der Waals surface area contributed by atoms with Crippen LogP contribution < -0.4 is 16.0 Å². The van der Waals surface area contributed by atoms with Gasteiger partial charge in [0, 0.05) is 29.3 Å². The lowest BCUT2D eigenvalue weighted by Crippen LogP contribution is -2.71. The van der Waals surface area contributed by atoms with E-state index in [9.17, 15) is 29.5 Å². The molecule has 3 amide bonds. The molecule has 192 valence electrons. The van der Waals surface area contributed by atoms with Gasteiger partial charge in [0.15, 0.2) is 16.7 Å². The third-order valence-corrected chi connectivity index (χ3v) is 7.91. The number of thiazole rings is 1. The lowest BCUT2D eigenvalue weighted by Gasteiger charge is -2.49. The summed E-state index contributed by atoms with van der Waals surface area (Å²) < 4.78 is 5.03. The molecule has 14 nitrogen and oxygen atoms in total. The van der Waals surface area contributed by atoms with Crippen LogP contribution in [0.2, 0.25) is 0 Å². The Morgan fingerprint density at radius 1 is 1.38 bits per heavy atom. The van der Waals surface area contributed by atoms with Crippen LogP contribution in [0, 0.1) is 6.92 Å². The predicted octanol–water partition coefficient (Wildman–Crippen LogP) is 0.302. The Bertz CT molecular complexity index is 1430. The summed E-state index contributed by atoms with van der Waals surface area (Å²) in [5.41, 5.74) is 5.62. The number of thioether (sulfide) groups is 1. The molecule has 2 aromatic heterocycles. The SMILES string of the molecule is Cc1cc(N2CCC(=CC3=C(C(=O)O)N4C(=O)[C@@H](NC(=O)C(=NO)c5csc(N)n5)[C@H]4SC3)C2=O)no1. The van der Waals surface area contributed by atoms with Crippen molar-refractivity contribution in [1.82, 2.24) is 20.4 Å². The molecule has 5 heterocycles. The maximum atomic E-state index is 12.9. The maximum Gasteiger partial charge on any atom is 0.352 e. The number of carboxylic acids is 1. The quantitative estimate of drug-likeness (QED) is 0.128. The van der Waals surface area contributed by atoms with Crippen LogP contribution in [0.5, 0.6) is 0 Å². The largest absolute Gasteiger partial charge is 0.477 e. The summed E-state index contributed by atoms with van der Waals surface area (Å²) in [6.45, 7) is 2.07. The number of aryl methyl sites for hydroxylation is 1. The first kappa shape index (κ1) is 24.5. The first-order valence-electron chi connectivity index (χ1n) is 10.8. The van der Waals surface area contributed by atoms with E-state index in [1.165, 1.54) is 28.1 Å². The fourth-order valence-electron chi connectivity index (χ4n) is 4.23. The van der Waals surface area contributed by atoms with Crippen LogP contribution in [-0.4, -0.2) is 78.5 Å². The highest BCUT2D eigenvalue weighted by molar-refractivity contribution is 8.00. The van der Waals surface area contributed by atoms with Crippen molar-refractivity contribution in [2.75, 3.05) is 22.9 Å². The second-order valence-electron chi connectivity index (χ2n) is 8.23. The number of amides is 3. The number of fused-ring (bicyclic) bond motifs is 1. The Morgan fingerprint density at radius 2 is 2.16 bits per heavy atom. The number of hydrogen-bond acceptors (Lipinski definition) is 12. The Hall–Kier alpha value is -4.18. The molecule has 0 bridgehead atoms. The normalized spacial score (nSPS) is 22.9. The smallest absolute Gasteiger partial charge is 0.352 e. The van der Waals surface area contributed by atoms with Crippen molar-refractivity contribution < 1.29 is 34.0 Å². The van der Waals surface area contributed by atoms with Crippen LogP contribution in [0.1, 0.15) is 17.9 Å². The molecule has 0 spiro atoms. The number of carbonyl (C=O) groups excluding carboxylic acids is 3. The number of nitrogens with two attached hydrogens (primary N) is 1. The van der Waals surface area contributed by atoms with E-state index in [2.05, 4.69) is 20.6 Å². The summed E-state index contributed by atoms with van der Waals surface area (Å²) in [5.74, 6) is -2.05. The van der Waals surface area contributed by atoms with Crippen molar-refractivity contribution in [3.05, 3.63) is 45.8 Å². The first-order valence-corrected chi connectivity index (χ1v) is 12.7. The number of nitrogen functional groups attached to an aromatic ring is 1. The molecule has 5 N–H and O–H groups in total. The number of anilines is 2. The number of β-lactam (4-membered cyclic amide) rings is 1. The van der Waals surface area contributed by atoms with E-state index in [1.807, 2.05) is 0 Å². The minimum Gasteiger partial charge on any atom is -0.477 e. The zero-order valence-corrected chi connectivity index (χ0v) is 20.7. The Labute approximate surface area is 216 Å². The van der Waals surface area contributed by atoms with Crippen molar-refractivity contribution in [1.29, 1.82) is 0 Å². The topological polar surface area (TPSA) is 205 Å². The molecular weight excluding hydrogens is 526 g/mol. The van der Waals surface area contributed by atoms with E-state index in [0.717, 1.165) is 16.2 Å². The summed E-state index contributed by atoms with van der Waals surface area (Å²) in [6.07, 6.45) is 1.87. The minimum atomic E-state index is -1.33. The Morgan fingerprint density at radius 3 is 2.78 bits per heavy atom. The standard InChI is InChI=1S/C21H19N7O7S2/c1-8-4-12(26-35-8)27-3-2-9(17(27)30)5-10-6-36-19-14(18(31)28(19)15(10)20(32)33)24-16(29)13(25-34)11-7-37-21(22)23-11/h4-5,7,14,19,34H,2-3,6H2,1H3,(H2,22,23)(H,24,29)(H,32,33)/t14-,19-/m1/s1. The van der Waals surface area contributed by atoms with Gasteiger partial charge >= 0.3 is 5.97 Å². The number of nitrogens with zero attached hydrogens (tertiary/aromatic N) is 5. The molecule has 16 heteroatoms. The number of aromatic nitrogens is 2. The van der Waals surface area contributed by atoms with Crippen molar-refractivity contribution >= 4 is 63.5 Å². The van der Waals surface area contributed by atoms with Gasteiger partial charge < -0.3 is 25.9 Å². The monoisotopic (exact) mass is 545 g/mol. The number of oxime groups is 1. The molecule has 0 radical (unpaired) electrons. The Balaban J connectivity index is 1.35. The summed E-state index contributed by atoms with van der Waals surface area (Å²) in [7, 11) is 0. The molecule has 0 saturated carbocycles. The first-order chi connectivity index (χ1) is 17.7. The summed E-state index contributed by atoms with van der Waals surface area (Å²) >= 11 is 2.28. The van der Waals surface area contributed by atoms with Gasteiger partial charge in [0.1, 0.15) is 28.6 Å². The highest BCUT2D eigenvalue weighted by Gasteiger charge is 2.54. The van der Waals surface area contributed by atoms with Crippen molar-refractivity contribution in [3.63, 3.8) is 0 Å². The van der Waals surface area contributed by atoms with Gasteiger partial charge in [-0.2, -0.15) is 0 Å². The number of carboxylic acid groups (broad SMARTS) is 1. The van der Waals surface area contributed by atoms with Crippen LogP contribution >= 0.6 is 23.1 Å². The molecule has 0 aliphatic carbocycles. The van der Waals surface area contributed by atoms with E-state index >= 15 is 0 Å². The second-order valence-corrected chi connectivity index (χ2v) is 10.2. The number of rotatable bonds is 6. The van der Waals surface area contributed by atoms with Gasteiger partial charge in [0.2, 0.25) is 0 Å². The summed E-state index contributed by atoms with van der Waals surface area (Å²) in [6, 6.07) is 0.584. The summed E-state index contributed by atoms with van der Waals surface area (Å²) in [5, 5.41) is 29.4. The van der Waals surface area contributed by atoms with Gasteiger partial charge in [-0.15, -0.1) is 23.1 Å². The molecule has 3 aliphatic heterocycles. The molecule has 2 atom stereocenters. The molecule has 37 heavy (non-hydrogen) atoms. The molecule has 3 aliphatic rings. The molecule has 0 aromatic carbocycles. The van der Waals surface area contributed by atoms with Crippen molar-refractivity contribution in [3.8, 4) is 0 Å². The number of nitrogens with one attached hydrogen (secondary N) is 1. The number of allylic oxidation sites excluding steroid dienone is 1. The van der Waals surface area contributed by atoms with E-state index in [4.69, 9.17) is 10.3 Å². The van der Waals surface area contributed by atoms with Crippen molar-refractivity contribution in [2.24, 2.45) is 5.16 Å². The van der Waals surface area contributed by atoms with Crippen LogP contribution in [0.3, 0.4) is 0 Å². The lowest BCUT2D eigenvalue weighted by atomic mass is 10.0. The van der Waals surface area contributed by atoms with Gasteiger partial charge in [-0.3, -0.25) is 24.2 Å². The van der Waals surface area contributed by atoms with E-state index in [1.54, 1.807) is 13.0 Å². The fourth-order valence-corrected chi connectivity index (χ4v) is 6.08. The maximum absolute atomic E-state index is 12.9. The highest BCUT2D eigenvalue weighted by Crippen LogP contribution is 2.41. The van der Waals surface area contributed by atoms with Gasteiger partial charge in [0.25, 0.3) is 17.7 Å². The average Bonchev–Trinajstić information content (AvgIpc) is 3.58. The highest BCUT2D eigenvalue weighted by atomic mass is 32.2. The van der Waals surface area contributed by atoms with Crippen molar-refractivity contribution in [2.45, 2.75) is 24.8 Å². The fraction of sp³-hybridized carbons (Fsp3) is 0.286. The zero-order chi connectivity index (χ0) is 26.4. The molecule has 0 unspecified atom stereocenters. The lowest BCUT2D eigenvalue weighted by molar-refractivity contribution is -0.150.